The maximum atomic E-state index is 11.9. The van der Waals surface area contributed by atoms with Crippen molar-refractivity contribution in [2.24, 2.45) is 0 Å². The summed E-state index contributed by atoms with van der Waals surface area (Å²) >= 11 is 0. The summed E-state index contributed by atoms with van der Waals surface area (Å²) in [6.45, 7) is 5.74. The van der Waals surface area contributed by atoms with Gasteiger partial charge in [0.25, 0.3) is 0 Å². The number of hydrogen-bond donors (Lipinski definition) is 2. The predicted octanol–water partition coefficient (Wildman–Crippen LogP) is 5.28. The van der Waals surface area contributed by atoms with Gasteiger partial charge in [-0.2, -0.15) is 0 Å². The molecule has 0 spiro atoms. The second kappa shape index (κ2) is 9.34. The first kappa shape index (κ1) is 21.9. The standard InChI is InChI=1S/C25H25NO5/c1-15-7-5-6-8-20(15)21-13-19(9-10-22(21)27)31-25-16(2)11-18(12-17(25)3)26-23(28)14-24(29)30-4/h5-13,27H,14H2,1-4H3,(H,26,28). The number of carbonyl (C=O) groups excluding carboxylic acids is 2. The van der Waals surface area contributed by atoms with Crippen molar-refractivity contribution in [2.75, 3.05) is 12.4 Å². The number of anilines is 1. The van der Waals surface area contributed by atoms with Crippen LogP contribution in [0.1, 0.15) is 23.1 Å². The van der Waals surface area contributed by atoms with Gasteiger partial charge in [-0.05, 0) is 73.4 Å². The van der Waals surface area contributed by atoms with Gasteiger partial charge in [0.15, 0.2) is 0 Å². The number of hydrogen-bond acceptors (Lipinski definition) is 5. The zero-order valence-corrected chi connectivity index (χ0v) is 18.0. The van der Waals surface area contributed by atoms with E-state index in [1.807, 2.05) is 51.1 Å². The number of rotatable bonds is 6. The Bertz CT molecular complexity index is 1110. The Morgan fingerprint density at radius 1 is 0.903 bits per heavy atom. The summed E-state index contributed by atoms with van der Waals surface area (Å²) < 4.78 is 10.7. The molecule has 3 rings (SSSR count). The molecule has 6 nitrogen and oxygen atoms in total. The molecule has 0 saturated heterocycles. The fourth-order valence-electron chi connectivity index (χ4n) is 3.38. The van der Waals surface area contributed by atoms with E-state index in [0.29, 0.717) is 22.7 Å². The molecule has 3 aromatic rings. The quantitative estimate of drug-likeness (QED) is 0.419. The zero-order valence-electron chi connectivity index (χ0n) is 18.0. The van der Waals surface area contributed by atoms with Crippen LogP contribution in [0.2, 0.25) is 0 Å². The normalized spacial score (nSPS) is 10.5. The summed E-state index contributed by atoms with van der Waals surface area (Å²) in [5.41, 5.74) is 4.88. The van der Waals surface area contributed by atoms with Gasteiger partial charge in [0, 0.05) is 11.3 Å². The molecule has 0 aliphatic carbocycles. The van der Waals surface area contributed by atoms with E-state index in [1.165, 1.54) is 7.11 Å². The minimum absolute atomic E-state index is 0.179. The predicted molar refractivity (Wildman–Crippen MR) is 120 cm³/mol. The first-order valence-corrected chi connectivity index (χ1v) is 9.83. The Hall–Kier alpha value is -3.80. The lowest BCUT2D eigenvalue weighted by molar-refractivity contribution is -0.142. The van der Waals surface area contributed by atoms with Crippen LogP contribution in [0, 0.1) is 20.8 Å². The summed E-state index contributed by atoms with van der Waals surface area (Å²) in [7, 11) is 1.24. The van der Waals surface area contributed by atoms with E-state index in [4.69, 9.17) is 4.74 Å². The van der Waals surface area contributed by atoms with Gasteiger partial charge in [-0.15, -0.1) is 0 Å². The molecule has 0 unspecified atom stereocenters. The van der Waals surface area contributed by atoms with Crippen molar-refractivity contribution in [3.63, 3.8) is 0 Å². The minimum atomic E-state index is -0.595. The average molecular weight is 419 g/mol. The maximum absolute atomic E-state index is 11.9. The highest BCUT2D eigenvalue weighted by atomic mass is 16.5. The highest BCUT2D eigenvalue weighted by Gasteiger charge is 2.14. The molecular weight excluding hydrogens is 394 g/mol. The van der Waals surface area contributed by atoms with Gasteiger partial charge in [-0.25, -0.2) is 0 Å². The van der Waals surface area contributed by atoms with Crippen molar-refractivity contribution in [2.45, 2.75) is 27.2 Å². The summed E-state index contributed by atoms with van der Waals surface area (Å²) in [5, 5.41) is 13.1. The molecule has 6 heteroatoms. The van der Waals surface area contributed by atoms with Gasteiger partial charge in [-0.1, -0.05) is 24.3 Å². The minimum Gasteiger partial charge on any atom is -0.507 e. The molecule has 3 aromatic carbocycles. The summed E-state index contributed by atoms with van der Waals surface area (Å²) in [6.07, 6.45) is -0.345. The van der Waals surface area contributed by atoms with Crippen LogP contribution in [0.3, 0.4) is 0 Å². The van der Waals surface area contributed by atoms with Gasteiger partial charge >= 0.3 is 5.97 Å². The van der Waals surface area contributed by atoms with E-state index in [-0.39, 0.29) is 12.2 Å². The third-order valence-corrected chi connectivity index (χ3v) is 4.90. The fourth-order valence-corrected chi connectivity index (χ4v) is 3.38. The molecule has 0 atom stereocenters. The highest BCUT2D eigenvalue weighted by molar-refractivity contribution is 6.02. The van der Waals surface area contributed by atoms with Crippen LogP contribution < -0.4 is 10.1 Å². The van der Waals surface area contributed by atoms with Crippen molar-refractivity contribution in [3.05, 3.63) is 71.3 Å². The first-order chi connectivity index (χ1) is 14.8. The lowest BCUT2D eigenvalue weighted by Gasteiger charge is -2.16. The monoisotopic (exact) mass is 419 g/mol. The Morgan fingerprint density at radius 3 is 2.23 bits per heavy atom. The Kier molecular flexibility index (Phi) is 6.60. The lowest BCUT2D eigenvalue weighted by atomic mass is 9.99. The molecule has 0 aliphatic rings. The topological polar surface area (TPSA) is 84.9 Å². The average Bonchev–Trinajstić information content (AvgIpc) is 2.72. The van der Waals surface area contributed by atoms with E-state index < -0.39 is 11.9 Å². The van der Waals surface area contributed by atoms with Crippen LogP contribution >= 0.6 is 0 Å². The van der Waals surface area contributed by atoms with E-state index >= 15 is 0 Å². The maximum Gasteiger partial charge on any atom is 0.315 e. The van der Waals surface area contributed by atoms with E-state index in [1.54, 1.807) is 24.3 Å². The third kappa shape index (κ3) is 5.22. The number of aryl methyl sites for hydroxylation is 3. The number of amides is 1. The molecule has 0 fully saturated rings. The SMILES string of the molecule is COC(=O)CC(=O)Nc1cc(C)c(Oc2ccc(O)c(-c3ccccc3C)c2)c(C)c1. The number of carbonyl (C=O) groups is 2. The molecular formula is C25H25NO5. The van der Waals surface area contributed by atoms with Crippen molar-refractivity contribution in [1.29, 1.82) is 0 Å². The van der Waals surface area contributed by atoms with Crippen LogP contribution in [0.4, 0.5) is 5.69 Å². The molecule has 0 heterocycles. The molecule has 0 saturated carbocycles. The van der Waals surface area contributed by atoms with Crippen LogP contribution in [-0.4, -0.2) is 24.1 Å². The lowest BCUT2D eigenvalue weighted by Crippen LogP contribution is -2.17. The smallest absolute Gasteiger partial charge is 0.315 e. The van der Waals surface area contributed by atoms with E-state index in [9.17, 15) is 14.7 Å². The van der Waals surface area contributed by atoms with Crippen molar-refractivity contribution in [1.82, 2.24) is 0 Å². The van der Waals surface area contributed by atoms with Gasteiger partial charge in [0.2, 0.25) is 5.91 Å². The number of aromatic hydroxyl groups is 1. The van der Waals surface area contributed by atoms with Crippen LogP contribution in [-0.2, 0) is 14.3 Å². The number of esters is 1. The van der Waals surface area contributed by atoms with Gasteiger partial charge in [-0.3, -0.25) is 9.59 Å². The number of phenols is 1. The third-order valence-electron chi connectivity index (χ3n) is 4.90. The molecule has 0 bridgehead atoms. The molecule has 0 aliphatic heterocycles. The first-order valence-electron chi connectivity index (χ1n) is 9.83. The number of methoxy groups -OCH3 is 1. The van der Waals surface area contributed by atoms with Crippen LogP contribution in [0.15, 0.2) is 54.6 Å². The summed E-state index contributed by atoms with van der Waals surface area (Å²) in [5.74, 6) is 0.388. The summed E-state index contributed by atoms with van der Waals surface area (Å²) in [6, 6.07) is 16.5. The van der Waals surface area contributed by atoms with Gasteiger partial charge in [0.1, 0.15) is 23.7 Å². The van der Waals surface area contributed by atoms with Crippen molar-refractivity contribution >= 4 is 17.6 Å². The van der Waals surface area contributed by atoms with E-state index in [2.05, 4.69) is 10.1 Å². The van der Waals surface area contributed by atoms with Crippen molar-refractivity contribution in [3.8, 4) is 28.4 Å². The molecule has 0 aromatic heterocycles. The summed E-state index contributed by atoms with van der Waals surface area (Å²) in [4.78, 5) is 23.2. The molecule has 31 heavy (non-hydrogen) atoms. The number of ether oxygens (including phenoxy) is 2. The molecule has 1 amide bonds. The van der Waals surface area contributed by atoms with Crippen molar-refractivity contribution < 1.29 is 24.2 Å². The number of nitrogens with one attached hydrogen (secondary N) is 1. The molecule has 160 valence electrons. The highest BCUT2D eigenvalue weighted by Crippen LogP contribution is 2.37. The Morgan fingerprint density at radius 2 is 1.58 bits per heavy atom. The van der Waals surface area contributed by atoms with Crippen LogP contribution in [0.25, 0.3) is 11.1 Å². The Labute approximate surface area is 181 Å². The largest absolute Gasteiger partial charge is 0.507 e. The second-order valence-corrected chi connectivity index (χ2v) is 7.34. The van der Waals surface area contributed by atoms with E-state index in [0.717, 1.165) is 22.3 Å². The van der Waals surface area contributed by atoms with Gasteiger partial charge in [0.05, 0.1) is 7.11 Å². The number of benzene rings is 3. The zero-order chi connectivity index (χ0) is 22.5. The molecule has 0 radical (unpaired) electrons. The van der Waals surface area contributed by atoms with Crippen LogP contribution in [0.5, 0.6) is 17.2 Å². The second-order valence-electron chi connectivity index (χ2n) is 7.34. The fraction of sp³-hybridized carbons (Fsp3) is 0.200. The molecule has 2 N–H and O–H groups in total. The van der Waals surface area contributed by atoms with Gasteiger partial charge < -0.3 is 19.9 Å². The number of phenolic OH excluding ortho intramolecular Hbond substituents is 1. The Balaban J connectivity index is 1.85.